The first-order valence-electron chi connectivity index (χ1n) is 6.83. The van der Waals surface area contributed by atoms with E-state index in [4.69, 9.17) is 10.7 Å². The number of aromatic nitrogens is 1. The van der Waals surface area contributed by atoms with Crippen LogP contribution in [0.15, 0.2) is 29.2 Å². The minimum atomic E-state index is -0.190. The molecular weight excluding hydrogens is 291 g/mol. The lowest BCUT2D eigenvalue weighted by Crippen LogP contribution is -2.17. The topological polar surface area (TPSA) is 38.9 Å². The van der Waals surface area contributed by atoms with Crippen LogP contribution in [-0.4, -0.2) is 11.5 Å². The molecule has 1 aromatic carbocycles. The third kappa shape index (κ3) is 3.05. The maximum Gasteiger partial charge on any atom is 0.123 e. The minimum Gasteiger partial charge on any atom is -0.330 e. The van der Waals surface area contributed by atoms with Crippen LogP contribution in [0.3, 0.4) is 0 Å². The van der Waals surface area contributed by atoms with Gasteiger partial charge in [0.05, 0.1) is 11.4 Å². The number of hydrogen-bond acceptors (Lipinski definition) is 4. The zero-order chi connectivity index (χ0) is 13.9. The number of aryl methyl sites for hydroxylation is 1. The van der Waals surface area contributed by atoms with Crippen LogP contribution in [0.2, 0.25) is 0 Å². The number of fused-ring (bicyclic) bond motifs is 1. The molecule has 0 fully saturated rings. The van der Waals surface area contributed by atoms with Gasteiger partial charge in [0.15, 0.2) is 0 Å². The average Bonchev–Trinajstić information content (AvgIpc) is 2.89. The molecule has 0 aliphatic heterocycles. The quantitative estimate of drug-likeness (QED) is 0.869. The summed E-state index contributed by atoms with van der Waals surface area (Å²) in [5, 5.41) is 1.16. The van der Waals surface area contributed by atoms with E-state index in [-0.39, 0.29) is 5.82 Å². The van der Waals surface area contributed by atoms with E-state index in [0.717, 1.165) is 28.5 Å². The second-order valence-electron chi connectivity index (χ2n) is 4.98. The summed E-state index contributed by atoms with van der Waals surface area (Å²) in [6, 6.07) is 6.63. The molecule has 1 heterocycles. The first kappa shape index (κ1) is 14.0. The van der Waals surface area contributed by atoms with E-state index in [9.17, 15) is 4.39 Å². The molecular formula is C15H17FN2S2. The highest BCUT2D eigenvalue weighted by atomic mass is 32.2. The number of thiazole rings is 1. The van der Waals surface area contributed by atoms with Crippen molar-refractivity contribution in [3.63, 3.8) is 0 Å². The molecule has 0 bridgehead atoms. The van der Waals surface area contributed by atoms with Crippen LogP contribution in [0.1, 0.15) is 34.3 Å². The Balaban J connectivity index is 1.69. The number of hydrogen-bond donors (Lipinski definition) is 1. The zero-order valence-electron chi connectivity index (χ0n) is 11.1. The molecule has 1 unspecified atom stereocenters. The Bertz CT molecular complexity index is 580. The molecule has 1 atom stereocenters. The first-order valence-corrected chi connectivity index (χ1v) is 8.63. The molecule has 0 spiro atoms. The lowest BCUT2D eigenvalue weighted by Gasteiger charge is -2.18. The molecule has 0 radical (unpaired) electrons. The van der Waals surface area contributed by atoms with Gasteiger partial charge < -0.3 is 5.73 Å². The third-order valence-electron chi connectivity index (χ3n) is 3.58. The van der Waals surface area contributed by atoms with Gasteiger partial charge in [-0.3, -0.25) is 0 Å². The average molecular weight is 308 g/mol. The molecule has 1 aliphatic rings. The van der Waals surface area contributed by atoms with Crippen LogP contribution in [0.25, 0.3) is 0 Å². The highest BCUT2D eigenvalue weighted by Crippen LogP contribution is 2.36. The van der Waals surface area contributed by atoms with E-state index >= 15 is 0 Å². The molecule has 1 aliphatic carbocycles. The van der Waals surface area contributed by atoms with E-state index in [0.29, 0.717) is 12.5 Å². The third-order valence-corrected chi connectivity index (χ3v) is 5.91. The lowest BCUT2D eigenvalue weighted by atomic mass is 9.91. The Morgan fingerprint density at radius 2 is 2.15 bits per heavy atom. The fraction of sp³-hybridized carbons (Fsp3) is 0.400. The van der Waals surface area contributed by atoms with Crippen molar-refractivity contribution in [3.05, 3.63) is 45.7 Å². The predicted octanol–water partition coefficient (Wildman–Crippen LogP) is 3.95. The van der Waals surface area contributed by atoms with Crippen molar-refractivity contribution < 1.29 is 4.39 Å². The van der Waals surface area contributed by atoms with Crippen molar-refractivity contribution in [1.82, 2.24) is 4.98 Å². The smallest absolute Gasteiger partial charge is 0.123 e. The summed E-state index contributed by atoms with van der Waals surface area (Å²) in [6.45, 7) is 0.696. The van der Waals surface area contributed by atoms with Crippen molar-refractivity contribution in [2.75, 3.05) is 6.54 Å². The molecule has 3 rings (SSSR count). The monoisotopic (exact) mass is 308 g/mol. The van der Waals surface area contributed by atoms with Crippen LogP contribution in [0.4, 0.5) is 4.39 Å². The number of nitrogens with two attached hydrogens (primary N) is 1. The Kier molecular flexibility index (Phi) is 4.38. The van der Waals surface area contributed by atoms with Crippen molar-refractivity contribution >= 4 is 23.1 Å². The Morgan fingerprint density at radius 3 is 2.90 bits per heavy atom. The second-order valence-corrected chi connectivity index (χ2v) is 7.20. The normalized spacial score (nSPS) is 18.0. The van der Waals surface area contributed by atoms with Crippen LogP contribution in [0, 0.1) is 5.82 Å². The van der Waals surface area contributed by atoms with Crippen LogP contribution >= 0.6 is 23.1 Å². The summed E-state index contributed by atoms with van der Waals surface area (Å²) in [5.74, 6) is 1.10. The molecule has 20 heavy (non-hydrogen) atoms. The van der Waals surface area contributed by atoms with E-state index in [1.807, 2.05) is 23.5 Å². The number of halogens is 1. The minimum absolute atomic E-state index is 0.190. The van der Waals surface area contributed by atoms with Crippen LogP contribution in [-0.2, 0) is 12.2 Å². The summed E-state index contributed by atoms with van der Waals surface area (Å²) in [5.41, 5.74) is 7.07. The van der Waals surface area contributed by atoms with Gasteiger partial charge in [-0.05, 0) is 43.5 Å². The summed E-state index contributed by atoms with van der Waals surface area (Å²) in [6.07, 6.45) is 3.53. The largest absolute Gasteiger partial charge is 0.330 e. The standard InChI is InChI=1S/C15H17FN2S2/c16-11-4-6-12(7-5-11)19-9-14-18-15-10(8-17)2-1-3-13(15)20-14/h4-7,10H,1-3,8-9,17H2. The number of rotatable bonds is 4. The molecule has 2 nitrogen and oxygen atoms in total. The first-order chi connectivity index (χ1) is 9.76. The summed E-state index contributed by atoms with van der Waals surface area (Å²) >= 11 is 3.52. The summed E-state index contributed by atoms with van der Waals surface area (Å²) in [4.78, 5) is 7.28. The van der Waals surface area contributed by atoms with Crippen molar-refractivity contribution in [2.24, 2.45) is 5.73 Å². The number of thioether (sulfide) groups is 1. The summed E-state index contributed by atoms with van der Waals surface area (Å²) < 4.78 is 12.9. The van der Waals surface area contributed by atoms with Gasteiger partial charge in [0.2, 0.25) is 0 Å². The van der Waals surface area contributed by atoms with E-state index in [2.05, 4.69) is 0 Å². The van der Waals surface area contributed by atoms with E-state index in [1.165, 1.54) is 29.1 Å². The fourth-order valence-corrected chi connectivity index (χ4v) is 4.61. The molecule has 1 aromatic heterocycles. The zero-order valence-corrected chi connectivity index (χ0v) is 12.8. The van der Waals surface area contributed by atoms with Crippen molar-refractivity contribution in [2.45, 2.75) is 35.8 Å². The van der Waals surface area contributed by atoms with E-state index in [1.54, 1.807) is 11.8 Å². The second kappa shape index (κ2) is 6.24. The molecule has 0 amide bonds. The highest BCUT2D eigenvalue weighted by molar-refractivity contribution is 7.98. The van der Waals surface area contributed by atoms with Gasteiger partial charge in [-0.2, -0.15) is 0 Å². The maximum atomic E-state index is 12.9. The molecule has 5 heteroatoms. The SMILES string of the molecule is NCC1CCCc2sc(CSc3ccc(F)cc3)nc21. The van der Waals surface area contributed by atoms with Crippen LogP contribution < -0.4 is 5.73 Å². The summed E-state index contributed by atoms with van der Waals surface area (Å²) in [7, 11) is 0. The van der Waals surface area contributed by atoms with Gasteiger partial charge in [0.1, 0.15) is 10.8 Å². The highest BCUT2D eigenvalue weighted by Gasteiger charge is 2.23. The lowest BCUT2D eigenvalue weighted by molar-refractivity contribution is 0.553. The Labute approximate surface area is 126 Å². The number of benzene rings is 1. The Hall–Kier alpha value is -0.910. The van der Waals surface area contributed by atoms with Gasteiger partial charge in [-0.15, -0.1) is 23.1 Å². The molecule has 106 valence electrons. The molecule has 2 aromatic rings. The number of nitrogens with zero attached hydrogens (tertiary/aromatic N) is 1. The molecule has 0 saturated heterocycles. The predicted molar refractivity (Wildman–Crippen MR) is 82.8 cm³/mol. The van der Waals surface area contributed by atoms with Gasteiger partial charge >= 0.3 is 0 Å². The fourth-order valence-electron chi connectivity index (χ4n) is 2.52. The maximum absolute atomic E-state index is 12.9. The van der Waals surface area contributed by atoms with Gasteiger partial charge in [-0.25, -0.2) is 9.37 Å². The van der Waals surface area contributed by atoms with Crippen LogP contribution in [0.5, 0.6) is 0 Å². The molecule has 2 N–H and O–H groups in total. The van der Waals surface area contributed by atoms with Gasteiger partial charge in [0, 0.05) is 22.2 Å². The van der Waals surface area contributed by atoms with Crippen molar-refractivity contribution in [3.8, 4) is 0 Å². The molecule has 0 saturated carbocycles. The van der Waals surface area contributed by atoms with Gasteiger partial charge in [0.25, 0.3) is 0 Å². The van der Waals surface area contributed by atoms with Crippen molar-refractivity contribution in [1.29, 1.82) is 0 Å². The van der Waals surface area contributed by atoms with Gasteiger partial charge in [-0.1, -0.05) is 0 Å². The van der Waals surface area contributed by atoms with E-state index < -0.39 is 0 Å². The Morgan fingerprint density at radius 1 is 1.35 bits per heavy atom.